The molecule has 2 heterocycles. The molecule has 4 nitrogen and oxygen atoms in total. The summed E-state index contributed by atoms with van der Waals surface area (Å²) >= 11 is 1.72. The van der Waals surface area contributed by atoms with Crippen molar-refractivity contribution in [3.63, 3.8) is 0 Å². The van der Waals surface area contributed by atoms with Gasteiger partial charge in [-0.1, -0.05) is 6.92 Å². The predicted molar refractivity (Wildman–Crippen MR) is 79.4 cm³/mol. The van der Waals surface area contributed by atoms with Crippen molar-refractivity contribution in [3.05, 3.63) is 22.4 Å². The number of thiophene rings is 1. The number of nitrogens with zero attached hydrogens (tertiary/aromatic N) is 2. The van der Waals surface area contributed by atoms with Crippen molar-refractivity contribution in [1.29, 1.82) is 0 Å². The van der Waals surface area contributed by atoms with E-state index in [1.165, 1.54) is 5.56 Å². The first kappa shape index (κ1) is 14.5. The van der Waals surface area contributed by atoms with Gasteiger partial charge in [0.25, 0.3) is 0 Å². The minimum atomic E-state index is 0.134. The van der Waals surface area contributed by atoms with E-state index in [1.807, 2.05) is 6.92 Å². The summed E-state index contributed by atoms with van der Waals surface area (Å²) in [5, 5.41) is 7.35. The molecule has 0 radical (unpaired) electrons. The Morgan fingerprint density at radius 1 is 1.42 bits per heavy atom. The summed E-state index contributed by atoms with van der Waals surface area (Å²) in [6.45, 7) is 6.95. The monoisotopic (exact) mass is 281 g/mol. The number of amides is 1. The van der Waals surface area contributed by atoms with E-state index in [2.05, 4.69) is 39.0 Å². The molecule has 0 saturated carbocycles. The maximum atomic E-state index is 11.5. The highest BCUT2D eigenvalue weighted by atomic mass is 32.1. The second kappa shape index (κ2) is 7.03. The lowest BCUT2D eigenvalue weighted by Crippen LogP contribution is -2.48. The molecule has 1 aromatic rings. The molecule has 1 amide bonds. The molecular weight excluding hydrogens is 258 g/mol. The lowest BCUT2D eigenvalue weighted by atomic mass is 10.1. The number of hydrogen-bond donors (Lipinski definition) is 1. The van der Waals surface area contributed by atoms with Gasteiger partial charge >= 0.3 is 0 Å². The van der Waals surface area contributed by atoms with Crippen LogP contribution in [-0.2, 0) is 4.79 Å². The number of nitrogens with one attached hydrogen (secondary N) is 1. The summed E-state index contributed by atoms with van der Waals surface area (Å²) in [6, 6.07) is 2.49. The molecule has 0 aromatic carbocycles. The molecule has 1 saturated heterocycles. The van der Waals surface area contributed by atoms with Crippen LogP contribution < -0.4 is 5.32 Å². The van der Waals surface area contributed by atoms with E-state index < -0.39 is 0 Å². The van der Waals surface area contributed by atoms with Gasteiger partial charge in [-0.15, -0.1) is 0 Å². The van der Waals surface area contributed by atoms with Crippen LogP contribution >= 0.6 is 11.3 Å². The van der Waals surface area contributed by atoms with Crippen LogP contribution in [0.4, 0.5) is 0 Å². The van der Waals surface area contributed by atoms with E-state index in [-0.39, 0.29) is 5.91 Å². The third kappa shape index (κ3) is 4.03. The maximum Gasteiger partial charge on any atom is 0.219 e. The van der Waals surface area contributed by atoms with E-state index in [9.17, 15) is 4.79 Å². The van der Waals surface area contributed by atoms with Crippen LogP contribution in [0.1, 0.15) is 24.9 Å². The van der Waals surface area contributed by atoms with E-state index in [0.717, 1.165) is 26.2 Å². The Morgan fingerprint density at radius 2 is 2.16 bits per heavy atom. The van der Waals surface area contributed by atoms with Gasteiger partial charge in [-0.25, -0.2) is 0 Å². The summed E-state index contributed by atoms with van der Waals surface area (Å²) < 4.78 is 0. The van der Waals surface area contributed by atoms with Gasteiger partial charge in [-0.2, -0.15) is 11.3 Å². The van der Waals surface area contributed by atoms with Crippen molar-refractivity contribution in [2.75, 3.05) is 39.8 Å². The molecule has 1 fully saturated rings. The Balaban J connectivity index is 2.00. The first-order chi connectivity index (χ1) is 9.20. The number of piperazine rings is 1. The van der Waals surface area contributed by atoms with Crippen molar-refractivity contribution < 1.29 is 4.79 Å². The Labute approximate surface area is 119 Å². The quantitative estimate of drug-likeness (QED) is 0.890. The Morgan fingerprint density at radius 3 is 2.74 bits per heavy atom. The fraction of sp³-hybridized carbons (Fsp3) is 0.643. The van der Waals surface area contributed by atoms with Gasteiger partial charge in [0.15, 0.2) is 0 Å². The molecule has 0 aliphatic carbocycles. The molecule has 106 valence electrons. The zero-order valence-corrected chi connectivity index (χ0v) is 12.6. The van der Waals surface area contributed by atoms with Crippen LogP contribution in [0.5, 0.6) is 0 Å². The first-order valence-electron chi connectivity index (χ1n) is 6.92. The highest BCUT2D eigenvalue weighted by Crippen LogP contribution is 2.23. The fourth-order valence-electron chi connectivity index (χ4n) is 2.39. The van der Waals surface area contributed by atoms with Gasteiger partial charge in [0.1, 0.15) is 0 Å². The molecule has 1 aliphatic heterocycles. The van der Waals surface area contributed by atoms with Crippen LogP contribution in [0, 0.1) is 0 Å². The molecule has 1 N–H and O–H groups in total. The zero-order chi connectivity index (χ0) is 13.7. The maximum absolute atomic E-state index is 11.5. The van der Waals surface area contributed by atoms with Gasteiger partial charge in [-0.05, 0) is 29.4 Å². The van der Waals surface area contributed by atoms with Crippen molar-refractivity contribution >= 4 is 17.2 Å². The van der Waals surface area contributed by atoms with Crippen molar-refractivity contribution in [1.82, 2.24) is 15.1 Å². The van der Waals surface area contributed by atoms with Crippen LogP contribution in [0.2, 0.25) is 0 Å². The fourth-order valence-corrected chi connectivity index (χ4v) is 3.10. The third-order valence-corrected chi connectivity index (χ3v) is 4.42. The van der Waals surface area contributed by atoms with E-state index in [0.29, 0.717) is 19.0 Å². The molecule has 2 rings (SSSR count). The minimum Gasteiger partial charge on any atom is -0.354 e. The number of likely N-dealkylation sites (N-methyl/N-ethyl adjacent to an activating group) is 1. The normalized spacial score (nSPS) is 19.3. The summed E-state index contributed by atoms with van der Waals surface area (Å²) in [7, 11) is 2.16. The average Bonchev–Trinajstić information content (AvgIpc) is 2.94. The Hall–Kier alpha value is -0.910. The van der Waals surface area contributed by atoms with Crippen molar-refractivity contribution in [3.8, 4) is 0 Å². The summed E-state index contributed by atoms with van der Waals surface area (Å²) in [4.78, 5) is 16.3. The number of rotatable bonds is 5. The second-order valence-electron chi connectivity index (χ2n) is 5.07. The van der Waals surface area contributed by atoms with Crippen molar-refractivity contribution in [2.24, 2.45) is 0 Å². The topological polar surface area (TPSA) is 35.6 Å². The average molecular weight is 281 g/mol. The van der Waals surface area contributed by atoms with Gasteiger partial charge in [0.05, 0.1) is 6.04 Å². The molecule has 0 unspecified atom stereocenters. The van der Waals surface area contributed by atoms with Crippen LogP contribution in [-0.4, -0.2) is 55.5 Å². The molecule has 0 spiro atoms. The number of hydrogen-bond acceptors (Lipinski definition) is 4. The highest BCUT2D eigenvalue weighted by molar-refractivity contribution is 7.07. The van der Waals surface area contributed by atoms with E-state index in [1.54, 1.807) is 11.3 Å². The van der Waals surface area contributed by atoms with Gasteiger partial charge in [0.2, 0.25) is 5.91 Å². The SMILES string of the molecule is CCC(=O)NC[C@H](c1ccsc1)N1CCN(C)CC1. The van der Waals surface area contributed by atoms with Crippen LogP contribution in [0.15, 0.2) is 16.8 Å². The second-order valence-corrected chi connectivity index (χ2v) is 5.85. The number of carbonyl (C=O) groups excluding carboxylic acids is 1. The van der Waals surface area contributed by atoms with Crippen LogP contribution in [0.3, 0.4) is 0 Å². The zero-order valence-electron chi connectivity index (χ0n) is 11.8. The lowest BCUT2D eigenvalue weighted by molar-refractivity contribution is -0.121. The lowest BCUT2D eigenvalue weighted by Gasteiger charge is -2.38. The summed E-state index contributed by atoms with van der Waals surface area (Å²) in [6.07, 6.45) is 0.555. The predicted octanol–water partition coefficient (Wildman–Crippen LogP) is 1.56. The largest absolute Gasteiger partial charge is 0.354 e. The van der Waals surface area contributed by atoms with Gasteiger partial charge in [0, 0.05) is 39.1 Å². The molecule has 1 atom stereocenters. The molecule has 1 aliphatic rings. The molecular formula is C14H23N3OS. The van der Waals surface area contributed by atoms with E-state index >= 15 is 0 Å². The summed E-state index contributed by atoms with van der Waals surface area (Å²) in [5.74, 6) is 0.134. The minimum absolute atomic E-state index is 0.134. The van der Waals surface area contributed by atoms with Crippen LogP contribution in [0.25, 0.3) is 0 Å². The molecule has 5 heteroatoms. The molecule has 1 aromatic heterocycles. The molecule has 19 heavy (non-hydrogen) atoms. The standard InChI is InChI=1S/C14H23N3OS/c1-3-14(18)15-10-13(12-4-9-19-11-12)17-7-5-16(2)6-8-17/h4,9,11,13H,3,5-8,10H2,1-2H3,(H,15,18)/t13-/m1/s1. The van der Waals surface area contributed by atoms with E-state index in [4.69, 9.17) is 0 Å². The highest BCUT2D eigenvalue weighted by Gasteiger charge is 2.24. The Bertz CT molecular complexity index is 385. The van der Waals surface area contributed by atoms with Crippen molar-refractivity contribution in [2.45, 2.75) is 19.4 Å². The third-order valence-electron chi connectivity index (χ3n) is 3.72. The number of carbonyl (C=O) groups is 1. The van der Waals surface area contributed by atoms with Gasteiger partial charge in [-0.3, -0.25) is 9.69 Å². The molecule has 0 bridgehead atoms. The Kier molecular flexibility index (Phi) is 5.36. The summed E-state index contributed by atoms with van der Waals surface area (Å²) in [5.41, 5.74) is 1.32. The first-order valence-corrected chi connectivity index (χ1v) is 7.86. The smallest absolute Gasteiger partial charge is 0.219 e. The van der Waals surface area contributed by atoms with Gasteiger partial charge < -0.3 is 10.2 Å².